The first kappa shape index (κ1) is 20.3. The SMILES string of the molecule is Cc1cccc(C(=O)OCC(=O)N(Cc2ccco2)C2=CCCCC2)c1[N+](=O)[O-]. The average Bonchev–Trinajstić information content (AvgIpc) is 3.23. The first-order chi connectivity index (χ1) is 14.0. The maximum absolute atomic E-state index is 12.8. The van der Waals surface area contributed by atoms with Gasteiger partial charge >= 0.3 is 5.97 Å². The van der Waals surface area contributed by atoms with Crippen molar-refractivity contribution in [3.05, 3.63) is 75.4 Å². The lowest BCUT2D eigenvalue weighted by Crippen LogP contribution is -2.34. The topological polar surface area (TPSA) is 103 Å². The van der Waals surface area contributed by atoms with Gasteiger partial charge in [-0.05, 0) is 50.8 Å². The molecule has 0 atom stereocenters. The number of hydrogen-bond acceptors (Lipinski definition) is 6. The quantitative estimate of drug-likeness (QED) is 0.394. The fraction of sp³-hybridized carbons (Fsp3) is 0.333. The van der Waals surface area contributed by atoms with Crippen molar-refractivity contribution in [2.45, 2.75) is 39.2 Å². The first-order valence-corrected chi connectivity index (χ1v) is 9.40. The van der Waals surface area contributed by atoms with Crippen molar-refractivity contribution in [3.8, 4) is 0 Å². The van der Waals surface area contributed by atoms with Gasteiger partial charge in [-0.25, -0.2) is 4.79 Å². The fourth-order valence-corrected chi connectivity index (χ4v) is 3.32. The number of aryl methyl sites for hydroxylation is 1. The third kappa shape index (κ3) is 4.90. The van der Waals surface area contributed by atoms with Gasteiger partial charge in [0.2, 0.25) is 0 Å². The van der Waals surface area contributed by atoms with Crippen LogP contribution in [0.15, 0.2) is 52.8 Å². The summed E-state index contributed by atoms with van der Waals surface area (Å²) in [6, 6.07) is 7.91. The third-order valence-corrected chi connectivity index (χ3v) is 4.78. The van der Waals surface area contributed by atoms with E-state index in [1.54, 1.807) is 30.0 Å². The highest BCUT2D eigenvalue weighted by Gasteiger charge is 2.26. The first-order valence-electron chi connectivity index (χ1n) is 9.40. The minimum Gasteiger partial charge on any atom is -0.467 e. The number of nitrogens with zero attached hydrogens (tertiary/aromatic N) is 2. The van der Waals surface area contributed by atoms with Gasteiger partial charge < -0.3 is 14.1 Å². The van der Waals surface area contributed by atoms with E-state index in [2.05, 4.69) is 0 Å². The van der Waals surface area contributed by atoms with Crippen LogP contribution in [0.1, 0.15) is 47.4 Å². The van der Waals surface area contributed by atoms with Gasteiger partial charge in [-0.1, -0.05) is 18.2 Å². The molecule has 8 heteroatoms. The van der Waals surface area contributed by atoms with Crippen LogP contribution in [0.4, 0.5) is 5.69 Å². The molecule has 1 heterocycles. The number of nitro benzene ring substituents is 1. The van der Waals surface area contributed by atoms with E-state index in [4.69, 9.17) is 9.15 Å². The number of esters is 1. The Hall–Kier alpha value is -3.42. The molecule has 1 amide bonds. The van der Waals surface area contributed by atoms with Crippen LogP contribution < -0.4 is 0 Å². The van der Waals surface area contributed by atoms with Crippen molar-refractivity contribution < 1.29 is 23.7 Å². The number of allylic oxidation sites excluding steroid dienone is 2. The monoisotopic (exact) mass is 398 g/mol. The molecule has 8 nitrogen and oxygen atoms in total. The Bertz CT molecular complexity index is 933. The minimum atomic E-state index is -0.899. The van der Waals surface area contributed by atoms with Crippen molar-refractivity contribution in [2.24, 2.45) is 0 Å². The van der Waals surface area contributed by atoms with Gasteiger partial charge in [0.25, 0.3) is 11.6 Å². The predicted molar refractivity (Wildman–Crippen MR) is 104 cm³/mol. The maximum atomic E-state index is 12.8. The molecule has 0 aliphatic heterocycles. The molecular weight excluding hydrogens is 376 g/mol. The number of amides is 1. The number of furan rings is 1. The summed E-state index contributed by atoms with van der Waals surface area (Å²) < 4.78 is 10.5. The smallest absolute Gasteiger partial charge is 0.345 e. The van der Waals surface area contributed by atoms with Crippen molar-refractivity contribution in [1.29, 1.82) is 0 Å². The van der Waals surface area contributed by atoms with Crippen LogP contribution in [-0.2, 0) is 16.1 Å². The van der Waals surface area contributed by atoms with Gasteiger partial charge in [-0.3, -0.25) is 14.9 Å². The van der Waals surface area contributed by atoms with Crippen molar-refractivity contribution in [2.75, 3.05) is 6.61 Å². The number of benzene rings is 1. The molecule has 1 aromatic carbocycles. The minimum absolute atomic E-state index is 0.169. The zero-order valence-electron chi connectivity index (χ0n) is 16.1. The van der Waals surface area contributed by atoms with Crippen LogP contribution in [-0.4, -0.2) is 28.3 Å². The standard InChI is InChI=1S/C21H22N2O6/c1-15-7-5-11-18(20(15)23(26)27)21(25)29-14-19(24)22(13-17-10-6-12-28-17)16-8-3-2-4-9-16/h5-8,10-12H,2-4,9,13-14H2,1H3. The number of nitro groups is 1. The molecule has 1 aliphatic rings. The molecule has 0 spiro atoms. The van der Waals surface area contributed by atoms with Crippen LogP contribution in [0.5, 0.6) is 0 Å². The lowest BCUT2D eigenvalue weighted by Gasteiger charge is -2.26. The summed E-state index contributed by atoms with van der Waals surface area (Å²) in [4.78, 5) is 37.4. The highest BCUT2D eigenvalue weighted by molar-refractivity contribution is 5.95. The summed E-state index contributed by atoms with van der Waals surface area (Å²) in [5.41, 5.74) is 0.738. The molecular formula is C21H22N2O6. The molecule has 0 saturated carbocycles. The van der Waals surface area contributed by atoms with Crippen LogP contribution >= 0.6 is 0 Å². The highest BCUT2D eigenvalue weighted by atomic mass is 16.6. The molecule has 0 unspecified atom stereocenters. The molecule has 29 heavy (non-hydrogen) atoms. The molecule has 152 valence electrons. The largest absolute Gasteiger partial charge is 0.467 e. The van der Waals surface area contributed by atoms with Crippen LogP contribution in [0, 0.1) is 17.0 Å². The number of carbonyl (C=O) groups is 2. The van der Waals surface area contributed by atoms with Gasteiger partial charge in [0.05, 0.1) is 17.7 Å². The second-order valence-corrected chi connectivity index (χ2v) is 6.80. The van der Waals surface area contributed by atoms with E-state index in [-0.39, 0.29) is 17.8 Å². The Balaban J connectivity index is 1.73. The molecule has 0 bridgehead atoms. The zero-order chi connectivity index (χ0) is 20.8. The second kappa shape index (κ2) is 9.18. The van der Waals surface area contributed by atoms with Gasteiger partial charge in [0.15, 0.2) is 6.61 Å². The van der Waals surface area contributed by atoms with Crippen LogP contribution in [0.25, 0.3) is 0 Å². The lowest BCUT2D eigenvalue weighted by molar-refractivity contribution is -0.385. The number of ether oxygens (including phenoxy) is 1. The number of hydrogen-bond donors (Lipinski definition) is 0. The van der Waals surface area contributed by atoms with Crippen molar-refractivity contribution in [3.63, 3.8) is 0 Å². The molecule has 3 rings (SSSR count). The lowest BCUT2D eigenvalue weighted by atomic mass is 10.0. The molecule has 0 N–H and O–H groups in total. The summed E-state index contributed by atoms with van der Waals surface area (Å²) >= 11 is 0. The second-order valence-electron chi connectivity index (χ2n) is 6.80. The van der Waals surface area contributed by atoms with E-state index in [0.29, 0.717) is 11.3 Å². The molecule has 0 fully saturated rings. The summed E-state index contributed by atoms with van der Waals surface area (Å²) in [6.07, 6.45) is 7.22. The van der Waals surface area contributed by atoms with Gasteiger partial charge in [-0.15, -0.1) is 0 Å². The van der Waals surface area contributed by atoms with Crippen molar-refractivity contribution >= 4 is 17.6 Å². The predicted octanol–water partition coefficient (Wildman–Crippen LogP) is 4.14. The molecule has 1 aliphatic carbocycles. The van der Waals surface area contributed by atoms with E-state index in [1.165, 1.54) is 18.4 Å². The van der Waals surface area contributed by atoms with Crippen LogP contribution in [0.3, 0.4) is 0 Å². The Labute approximate surface area is 167 Å². The van der Waals surface area contributed by atoms with E-state index in [0.717, 1.165) is 31.4 Å². The number of para-hydroxylation sites is 1. The molecule has 0 saturated heterocycles. The third-order valence-electron chi connectivity index (χ3n) is 4.78. The average molecular weight is 398 g/mol. The van der Waals surface area contributed by atoms with E-state index in [1.807, 2.05) is 6.08 Å². The Morgan fingerprint density at radius 3 is 2.72 bits per heavy atom. The number of rotatable bonds is 7. The van der Waals surface area contributed by atoms with Gasteiger partial charge in [0, 0.05) is 11.3 Å². The van der Waals surface area contributed by atoms with Crippen molar-refractivity contribution in [1.82, 2.24) is 4.90 Å². The maximum Gasteiger partial charge on any atom is 0.345 e. The zero-order valence-corrected chi connectivity index (χ0v) is 16.1. The molecule has 1 aromatic heterocycles. The molecule has 0 radical (unpaired) electrons. The van der Waals surface area contributed by atoms with E-state index >= 15 is 0 Å². The highest BCUT2D eigenvalue weighted by Crippen LogP contribution is 2.25. The fourth-order valence-electron chi connectivity index (χ4n) is 3.32. The normalized spacial score (nSPS) is 13.5. The Morgan fingerprint density at radius 1 is 1.24 bits per heavy atom. The summed E-state index contributed by atoms with van der Waals surface area (Å²) in [6.45, 7) is 1.27. The van der Waals surface area contributed by atoms with Crippen LogP contribution in [0.2, 0.25) is 0 Å². The van der Waals surface area contributed by atoms with E-state index in [9.17, 15) is 19.7 Å². The summed E-state index contributed by atoms with van der Waals surface area (Å²) in [7, 11) is 0. The Kier molecular flexibility index (Phi) is 6.43. The molecule has 2 aromatic rings. The summed E-state index contributed by atoms with van der Waals surface area (Å²) in [5.74, 6) is -0.687. The Morgan fingerprint density at radius 2 is 2.07 bits per heavy atom. The van der Waals surface area contributed by atoms with Gasteiger partial charge in [-0.2, -0.15) is 0 Å². The number of carbonyl (C=O) groups excluding carboxylic acids is 2. The van der Waals surface area contributed by atoms with E-state index < -0.39 is 23.4 Å². The van der Waals surface area contributed by atoms with Gasteiger partial charge in [0.1, 0.15) is 11.3 Å². The summed E-state index contributed by atoms with van der Waals surface area (Å²) in [5, 5.41) is 11.3.